The van der Waals surface area contributed by atoms with Gasteiger partial charge in [-0.3, -0.25) is 0 Å². The maximum atomic E-state index is 11.9. The van der Waals surface area contributed by atoms with Gasteiger partial charge in [-0.2, -0.15) is 0 Å². The van der Waals surface area contributed by atoms with Gasteiger partial charge in [0.15, 0.2) is 0 Å². The molecule has 2 heterocycles. The van der Waals surface area contributed by atoms with Crippen LogP contribution in [0.2, 0.25) is 0 Å². The van der Waals surface area contributed by atoms with Crippen molar-refractivity contribution in [1.82, 2.24) is 19.7 Å². The summed E-state index contributed by atoms with van der Waals surface area (Å²) in [5.74, 6) is 0.452. The van der Waals surface area contributed by atoms with E-state index >= 15 is 0 Å². The minimum atomic E-state index is -0.427. The molecule has 6 heteroatoms. The van der Waals surface area contributed by atoms with E-state index in [2.05, 4.69) is 10.2 Å². The molecule has 1 saturated heterocycles. The van der Waals surface area contributed by atoms with Crippen molar-refractivity contribution in [3.63, 3.8) is 0 Å². The molecule has 0 spiro atoms. The zero-order chi connectivity index (χ0) is 13.2. The fourth-order valence-electron chi connectivity index (χ4n) is 2.09. The monoisotopic (exact) mass is 252 g/mol. The van der Waals surface area contributed by atoms with Crippen molar-refractivity contribution < 1.29 is 9.53 Å². The molecular formula is C12H20N4O2. The molecule has 1 atom stereocenters. The third kappa shape index (κ3) is 3.45. The van der Waals surface area contributed by atoms with Crippen LogP contribution in [0.3, 0.4) is 0 Å². The number of carbonyl (C=O) groups excluding carboxylic acids is 1. The first-order chi connectivity index (χ1) is 8.44. The second-order valence-corrected chi connectivity index (χ2v) is 5.74. The number of aromatic nitrogens is 3. The minimum Gasteiger partial charge on any atom is -0.444 e. The van der Waals surface area contributed by atoms with E-state index in [1.165, 1.54) is 0 Å². The molecule has 1 aliphatic rings. The topological polar surface area (TPSA) is 60.2 Å². The number of nitrogens with zero attached hydrogens (tertiary/aromatic N) is 4. The largest absolute Gasteiger partial charge is 0.444 e. The van der Waals surface area contributed by atoms with Crippen molar-refractivity contribution in [3.05, 3.63) is 12.7 Å². The Kier molecular flexibility index (Phi) is 3.54. The molecule has 1 aromatic heterocycles. The third-order valence-electron chi connectivity index (χ3n) is 2.87. The first kappa shape index (κ1) is 12.9. The van der Waals surface area contributed by atoms with Crippen molar-refractivity contribution in [2.24, 2.45) is 5.92 Å². The fraction of sp³-hybridized carbons (Fsp3) is 0.750. The molecular weight excluding hydrogens is 232 g/mol. The summed E-state index contributed by atoms with van der Waals surface area (Å²) in [5, 5.41) is 7.55. The van der Waals surface area contributed by atoms with Gasteiger partial charge in [-0.05, 0) is 33.1 Å². The smallest absolute Gasteiger partial charge is 0.410 e. The number of carbonyl (C=O) groups is 1. The maximum Gasteiger partial charge on any atom is 0.410 e. The highest BCUT2D eigenvalue weighted by Crippen LogP contribution is 2.20. The van der Waals surface area contributed by atoms with E-state index in [0.29, 0.717) is 5.92 Å². The molecule has 0 unspecified atom stereocenters. The number of amides is 1. The normalized spacial score (nSPS) is 20.2. The SMILES string of the molecule is CC(C)(C)OC(=O)N1CC[C@@H](Cn2cnnc2)C1. The van der Waals surface area contributed by atoms with Crippen LogP contribution in [0.5, 0.6) is 0 Å². The Morgan fingerprint density at radius 2 is 2.06 bits per heavy atom. The van der Waals surface area contributed by atoms with E-state index in [-0.39, 0.29) is 6.09 Å². The maximum absolute atomic E-state index is 11.9. The van der Waals surface area contributed by atoms with Crippen molar-refractivity contribution in [2.45, 2.75) is 39.3 Å². The molecule has 1 amide bonds. The van der Waals surface area contributed by atoms with Crippen LogP contribution in [0, 0.1) is 5.92 Å². The van der Waals surface area contributed by atoms with Crippen LogP contribution in [0.25, 0.3) is 0 Å². The van der Waals surface area contributed by atoms with E-state index in [1.807, 2.05) is 25.3 Å². The Morgan fingerprint density at radius 3 is 2.67 bits per heavy atom. The minimum absolute atomic E-state index is 0.214. The third-order valence-corrected chi connectivity index (χ3v) is 2.87. The zero-order valence-corrected chi connectivity index (χ0v) is 11.2. The summed E-state index contributed by atoms with van der Waals surface area (Å²) >= 11 is 0. The van der Waals surface area contributed by atoms with Crippen LogP contribution in [0.4, 0.5) is 4.79 Å². The summed E-state index contributed by atoms with van der Waals surface area (Å²) in [5.41, 5.74) is -0.427. The summed E-state index contributed by atoms with van der Waals surface area (Å²) in [7, 11) is 0. The van der Waals surface area contributed by atoms with Gasteiger partial charge < -0.3 is 14.2 Å². The number of rotatable bonds is 2. The highest BCUT2D eigenvalue weighted by atomic mass is 16.6. The van der Waals surface area contributed by atoms with E-state index < -0.39 is 5.60 Å². The standard InChI is InChI=1S/C12H20N4O2/c1-12(2,3)18-11(17)16-5-4-10(7-16)6-15-8-13-14-9-15/h8-10H,4-7H2,1-3H3/t10-/m0/s1. The van der Waals surface area contributed by atoms with Crippen LogP contribution < -0.4 is 0 Å². The summed E-state index contributed by atoms with van der Waals surface area (Å²) < 4.78 is 7.31. The van der Waals surface area contributed by atoms with Gasteiger partial charge in [0.1, 0.15) is 18.3 Å². The predicted molar refractivity (Wildman–Crippen MR) is 65.9 cm³/mol. The Hall–Kier alpha value is -1.59. The van der Waals surface area contributed by atoms with Gasteiger partial charge in [-0.1, -0.05) is 0 Å². The Morgan fingerprint density at radius 1 is 1.39 bits per heavy atom. The Labute approximate surface area is 107 Å². The van der Waals surface area contributed by atoms with Crippen LogP contribution in [0.15, 0.2) is 12.7 Å². The van der Waals surface area contributed by atoms with Gasteiger partial charge >= 0.3 is 6.09 Å². The van der Waals surface area contributed by atoms with E-state index in [4.69, 9.17) is 4.74 Å². The molecule has 0 radical (unpaired) electrons. The molecule has 0 saturated carbocycles. The van der Waals surface area contributed by atoms with Crippen molar-refractivity contribution in [2.75, 3.05) is 13.1 Å². The predicted octanol–water partition coefficient (Wildman–Crippen LogP) is 1.54. The first-order valence-electron chi connectivity index (χ1n) is 6.24. The molecule has 2 rings (SSSR count). The molecule has 1 aromatic rings. The summed E-state index contributed by atoms with van der Waals surface area (Å²) in [4.78, 5) is 13.7. The van der Waals surface area contributed by atoms with Crippen molar-refractivity contribution in [3.8, 4) is 0 Å². The second kappa shape index (κ2) is 4.96. The zero-order valence-electron chi connectivity index (χ0n) is 11.2. The van der Waals surface area contributed by atoms with Crippen molar-refractivity contribution in [1.29, 1.82) is 0 Å². The van der Waals surface area contributed by atoms with Gasteiger partial charge in [0.2, 0.25) is 0 Å². The summed E-state index contributed by atoms with van der Waals surface area (Å²) in [6, 6.07) is 0. The number of ether oxygens (including phenoxy) is 1. The highest BCUT2D eigenvalue weighted by molar-refractivity contribution is 5.68. The van der Waals surface area contributed by atoms with Gasteiger partial charge in [-0.15, -0.1) is 10.2 Å². The molecule has 0 N–H and O–H groups in total. The second-order valence-electron chi connectivity index (χ2n) is 5.74. The lowest BCUT2D eigenvalue weighted by molar-refractivity contribution is 0.0287. The lowest BCUT2D eigenvalue weighted by Gasteiger charge is -2.24. The van der Waals surface area contributed by atoms with E-state index in [0.717, 1.165) is 26.1 Å². The summed E-state index contributed by atoms with van der Waals surface area (Å²) in [6.07, 6.45) is 4.19. The fourth-order valence-corrected chi connectivity index (χ4v) is 2.09. The van der Waals surface area contributed by atoms with Gasteiger partial charge in [0.25, 0.3) is 0 Å². The van der Waals surface area contributed by atoms with Gasteiger partial charge in [0, 0.05) is 19.6 Å². The Balaban J connectivity index is 1.83. The van der Waals surface area contributed by atoms with Crippen LogP contribution in [-0.4, -0.2) is 44.4 Å². The summed E-state index contributed by atoms with van der Waals surface area (Å²) in [6.45, 7) is 8.02. The molecule has 0 bridgehead atoms. The highest BCUT2D eigenvalue weighted by Gasteiger charge is 2.29. The first-order valence-corrected chi connectivity index (χ1v) is 6.24. The molecule has 1 fully saturated rings. The molecule has 6 nitrogen and oxygen atoms in total. The van der Waals surface area contributed by atoms with Crippen LogP contribution in [0.1, 0.15) is 27.2 Å². The van der Waals surface area contributed by atoms with Gasteiger partial charge in [-0.25, -0.2) is 4.79 Å². The average Bonchev–Trinajstić information content (AvgIpc) is 2.86. The molecule has 1 aliphatic heterocycles. The lowest BCUT2D eigenvalue weighted by Crippen LogP contribution is -2.35. The number of likely N-dealkylation sites (tertiary alicyclic amines) is 1. The van der Waals surface area contributed by atoms with Crippen molar-refractivity contribution >= 4 is 6.09 Å². The van der Waals surface area contributed by atoms with Gasteiger partial charge in [0.05, 0.1) is 0 Å². The van der Waals surface area contributed by atoms with E-state index in [1.54, 1.807) is 17.6 Å². The van der Waals surface area contributed by atoms with E-state index in [9.17, 15) is 4.79 Å². The molecule has 100 valence electrons. The molecule has 0 aromatic carbocycles. The molecule has 0 aliphatic carbocycles. The number of hydrogen-bond donors (Lipinski definition) is 0. The quantitative estimate of drug-likeness (QED) is 0.801. The number of hydrogen-bond acceptors (Lipinski definition) is 4. The lowest BCUT2D eigenvalue weighted by atomic mass is 10.1. The average molecular weight is 252 g/mol. The Bertz CT molecular complexity index is 397. The molecule has 18 heavy (non-hydrogen) atoms. The van der Waals surface area contributed by atoms with Crippen LogP contribution >= 0.6 is 0 Å². The van der Waals surface area contributed by atoms with Crippen LogP contribution in [-0.2, 0) is 11.3 Å².